The first-order chi connectivity index (χ1) is 7.63. The molecule has 0 saturated heterocycles. The van der Waals surface area contributed by atoms with Gasteiger partial charge in [-0.15, -0.1) is 0 Å². The zero-order chi connectivity index (χ0) is 12.0. The van der Waals surface area contributed by atoms with Gasteiger partial charge in [0.1, 0.15) is 0 Å². The second-order valence-corrected chi connectivity index (χ2v) is 4.75. The molecule has 2 N–H and O–H groups in total. The van der Waals surface area contributed by atoms with E-state index in [0.29, 0.717) is 0 Å². The molecule has 0 bridgehead atoms. The normalized spacial score (nSPS) is 11.3. The average molecular weight is 220 g/mol. The van der Waals surface area contributed by atoms with Crippen LogP contribution >= 0.6 is 0 Å². The van der Waals surface area contributed by atoms with Crippen LogP contribution in [0.2, 0.25) is 0 Å². The van der Waals surface area contributed by atoms with Gasteiger partial charge in [-0.2, -0.15) is 0 Å². The summed E-state index contributed by atoms with van der Waals surface area (Å²) in [7, 11) is 0. The van der Waals surface area contributed by atoms with E-state index in [2.05, 4.69) is 37.8 Å². The smallest absolute Gasteiger partial charge is 0.0359 e. The number of anilines is 1. The Bertz CT molecular complexity index is 307. The highest BCUT2D eigenvalue weighted by Crippen LogP contribution is 2.14. The van der Waals surface area contributed by atoms with E-state index in [9.17, 15) is 0 Å². The Kier molecular flexibility index (Phi) is 5.33. The van der Waals surface area contributed by atoms with Crippen molar-refractivity contribution in [3.8, 4) is 0 Å². The van der Waals surface area contributed by atoms with Crippen molar-refractivity contribution in [2.75, 3.05) is 18.8 Å². The van der Waals surface area contributed by atoms with Crippen molar-refractivity contribution in [3.63, 3.8) is 0 Å². The minimum Gasteiger partial charge on any atom is -0.398 e. The van der Waals surface area contributed by atoms with Gasteiger partial charge in [0, 0.05) is 12.2 Å². The van der Waals surface area contributed by atoms with Crippen molar-refractivity contribution in [3.05, 3.63) is 29.8 Å². The summed E-state index contributed by atoms with van der Waals surface area (Å²) in [6, 6.07) is 8.14. The molecule has 90 valence electrons. The van der Waals surface area contributed by atoms with E-state index >= 15 is 0 Å². The second kappa shape index (κ2) is 6.54. The van der Waals surface area contributed by atoms with Crippen LogP contribution in [0, 0.1) is 5.92 Å². The van der Waals surface area contributed by atoms with Gasteiger partial charge in [-0.25, -0.2) is 0 Å². The minimum atomic E-state index is 0.766. The first-order valence-electron chi connectivity index (χ1n) is 6.19. The Morgan fingerprint density at radius 1 is 1.25 bits per heavy atom. The zero-order valence-corrected chi connectivity index (χ0v) is 10.7. The van der Waals surface area contributed by atoms with Crippen LogP contribution in [0.15, 0.2) is 24.3 Å². The van der Waals surface area contributed by atoms with Crippen LogP contribution in [0.3, 0.4) is 0 Å². The lowest BCUT2D eigenvalue weighted by Crippen LogP contribution is -2.25. The molecule has 0 heterocycles. The van der Waals surface area contributed by atoms with Crippen molar-refractivity contribution < 1.29 is 0 Å². The van der Waals surface area contributed by atoms with Gasteiger partial charge in [0.2, 0.25) is 0 Å². The topological polar surface area (TPSA) is 29.3 Å². The summed E-state index contributed by atoms with van der Waals surface area (Å²) in [6.07, 6.45) is 1.25. The van der Waals surface area contributed by atoms with Gasteiger partial charge in [-0.3, -0.25) is 4.90 Å². The molecule has 1 rings (SSSR count). The van der Waals surface area contributed by atoms with E-state index in [-0.39, 0.29) is 0 Å². The molecule has 0 atom stereocenters. The molecule has 1 aromatic carbocycles. The quantitative estimate of drug-likeness (QED) is 0.746. The lowest BCUT2D eigenvalue weighted by molar-refractivity contribution is 0.263. The van der Waals surface area contributed by atoms with E-state index in [1.807, 2.05) is 12.1 Å². The van der Waals surface area contributed by atoms with Crippen molar-refractivity contribution in [1.29, 1.82) is 0 Å². The van der Waals surface area contributed by atoms with Crippen LogP contribution in [-0.4, -0.2) is 18.0 Å². The maximum absolute atomic E-state index is 5.95. The van der Waals surface area contributed by atoms with Crippen LogP contribution in [0.4, 0.5) is 5.69 Å². The first kappa shape index (κ1) is 13.0. The Labute approximate surface area is 99.5 Å². The SMILES string of the molecule is CCN(CCC(C)C)Cc1ccccc1N. The molecular weight excluding hydrogens is 196 g/mol. The van der Waals surface area contributed by atoms with Crippen LogP contribution in [-0.2, 0) is 6.54 Å². The van der Waals surface area contributed by atoms with Crippen molar-refractivity contribution in [2.24, 2.45) is 5.92 Å². The lowest BCUT2D eigenvalue weighted by Gasteiger charge is -2.22. The molecule has 0 aliphatic carbocycles. The average Bonchev–Trinajstić information content (AvgIpc) is 2.26. The molecule has 1 aromatic rings. The Morgan fingerprint density at radius 2 is 1.94 bits per heavy atom. The summed E-state index contributed by atoms with van der Waals surface area (Å²) in [5.41, 5.74) is 8.10. The predicted molar refractivity (Wildman–Crippen MR) is 71.3 cm³/mol. The van der Waals surface area contributed by atoms with Gasteiger partial charge in [0.25, 0.3) is 0 Å². The molecule has 0 amide bonds. The number of benzene rings is 1. The van der Waals surface area contributed by atoms with Gasteiger partial charge in [0.15, 0.2) is 0 Å². The fraction of sp³-hybridized carbons (Fsp3) is 0.571. The zero-order valence-electron chi connectivity index (χ0n) is 10.7. The van der Waals surface area contributed by atoms with Gasteiger partial charge >= 0.3 is 0 Å². The van der Waals surface area contributed by atoms with Gasteiger partial charge < -0.3 is 5.73 Å². The highest BCUT2D eigenvalue weighted by Gasteiger charge is 2.06. The highest BCUT2D eigenvalue weighted by atomic mass is 15.1. The third kappa shape index (κ3) is 4.23. The fourth-order valence-electron chi connectivity index (χ4n) is 1.71. The minimum absolute atomic E-state index is 0.766. The van der Waals surface area contributed by atoms with E-state index < -0.39 is 0 Å². The van der Waals surface area contributed by atoms with E-state index in [1.54, 1.807) is 0 Å². The van der Waals surface area contributed by atoms with E-state index in [1.165, 1.54) is 12.0 Å². The summed E-state index contributed by atoms with van der Waals surface area (Å²) in [6.45, 7) is 9.95. The van der Waals surface area contributed by atoms with Gasteiger partial charge in [-0.05, 0) is 37.1 Å². The molecule has 0 saturated carbocycles. The summed E-state index contributed by atoms with van der Waals surface area (Å²) >= 11 is 0. The monoisotopic (exact) mass is 220 g/mol. The number of nitrogen functional groups attached to an aromatic ring is 1. The molecule has 0 unspecified atom stereocenters. The summed E-state index contributed by atoms with van der Waals surface area (Å²) in [5, 5.41) is 0. The molecule has 16 heavy (non-hydrogen) atoms. The number of nitrogens with zero attached hydrogens (tertiary/aromatic N) is 1. The summed E-state index contributed by atoms with van der Waals surface area (Å²) < 4.78 is 0. The van der Waals surface area contributed by atoms with Gasteiger partial charge in [-0.1, -0.05) is 39.0 Å². The number of nitrogens with two attached hydrogens (primary N) is 1. The number of hydrogen-bond donors (Lipinski definition) is 1. The van der Waals surface area contributed by atoms with E-state index in [0.717, 1.165) is 31.2 Å². The second-order valence-electron chi connectivity index (χ2n) is 4.75. The first-order valence-corrected chi connectivity index (χ1v) is 6.19. The standard InChI is InChI=1S/C14H24N2/c1-4-16(10-9-12(2)3)11-13-7-5-6-8-14(13)15/h5-8,12H,4,9-11,15H2,1-3H3. The molecule has 0 aliphatic heterocycles. The number of hydrogen-bond acceptors (Lipinski definition) is 2. The summed E-state index contributed by atoms with van der Waals surface area (Å²) in [5.74, 6) is 0.766. The van der Waals surface area contributed by atoms with Crippen LogP contribution in [0.25, 0.3) is 0 Å². The Hall–Kier alpha value is -1.02. The number of para-hydroxylation sites is 1. The third-order valence-electron chi connectivity index (χ3n) is 2.92. The largest absolute Gasteiger partial charge is 0.398 e. The molecule has 2 heteroatoms. The predicted octanol–water partition coefficient (Wildman–Crippen LogP) is 3.14. The van der Waals surface area contributed by atoms with Crippen LogP contribution in [0.1, 0.15) is 32.8 Å². The van der Waals surface area contributed by atoms with Gasteiger partial charge in [0.05, 0.1) is 0 Å². The molecule has 0 fully saturated rings. The number of rotatable bonds is 6. The van der Waals surface area contributed by atoms with Crippen molar-refractivity contribution >= 4 is 5.69 Å². The molecule has 0 radical (unpaired) electrons. The molecule has 0 aliphatic rings. The molecule has 0 aromatic heterocycles. The third-order valence-corrected chi connectivity index (χ3v) is 2.92. The Morgan fingerprint density at radius 3 is 2.50 bits per heavy atom. The lowest BCUT2D eigenvalue weighted by atomic mass is 10.1. The molecule has 2 nitrogen and oxygen atoms in total. The summed E-state index contributed by atoms with van der Waals surface area (Å²) in [4.78, 5) is 2.45. The maximum Gasteiger partial charge on any atom is 0.0359 e. The van der Waals surface area contributed by atoms with Crippen molar-refractivity contribution in [1.82, 2.24) is 4.90 Å². The van der Waals surface area contributed by atoms with Crippen LogP contribution in [0.5, 0.6) is 0 Å². The fourth-order valence-corrected chi connectivity index (χ4v) is 1.71. The Balaban J connectivity index is 2.53. The maximum atomic E-state index is 5.95. The van der Waals surface area contributed by atoms with Crippen LogP contribution < -0.4 is 5.73 Å². The van der Waals surface area contributed by atoms with E-state index in [4.69, 9.17) is 5.73 Å². The van der Waals surface area contributed by atoms with Crippen molar-refractivity contribution in [2.45, 2.75) is 33.7 Å². The highest BCUT2D eigenvalue weighted by molar-refractivity contribution is 5.46. The molecule has 0 spiro atoms. The molecular formula is C14H24N2.